The first kappa shape index (κ1) is 16.8. The van der Waals surface area contributed by atoms with E-state index in [0.717, 1.165) is 57.3 Å². The molecule has 1 spiro atoms. The Morgan fingerprint density at radius 2 is 2.20 bits per heavy atom. The van der Waals surface area contributed by atoms with Crippen LogP contribution in [0.25, 0.3) is 0 Å². The van der Waals surface area contributed by atoms with E-state index >= 15 is 0 Å². The van der Waals surface area contributed by atoms with Crippen LogP contribution in [0.4, 0.5) is 4.79 Å². The van der Waals surface area contributed by atoms with Gasteiger partial charge in [0.15, 0.2) is 5.79 Å². The summed E-state index contributed by atoms with van der Waals surface area (Å²) in [7, 11) is 0. The van der Waals surface area contributed by atoms with Crippen LogP contribution < -0.4 is 5.32 Å². The second-order valence-corrected chi connectivity index (χ2v) is 7.39. The number of nitrogens with one attached hydrogen (secondary N) is 2. The minimum atomic E-state index is -0.379. The fraction of sp³-hybridized carbons (Fsp3) is 0.778. The Balaban J connectivity index is 1.31. The van der Waals surface area contributed by atoms with Gasteiger partial charge in [0.25, 0.3) is 0 Å². The van der Waals surface area contributed by atoms with E-state index in [0.29, 0.717) is 13.2 Å². The molecule has 25 heavy (non-hydrogen) atoms. The summed E-state index contributed by atoms with van der Waals surface area (Å²) in [6, 6.07) is 0.00322. The molecule has 0 aromatic carbocycles. The highest BCUT2D eigenvalue weighted by molar-refractivity contribution is 5.74. The highest BCUT2D eigenvalue weighted by atomic mass is 16.7. The summed E-state index contributed by atoms with van der Waals surface area (Å²) >= 11 is 0. The number of imidazole rings is 1. The van der Waals surface area contributed by atoms with Gasteiger partial charge >= 0.3 is 6.03 Å². The number of likely N-dealkylation sites (tertiary alicyclic amines) is 1. The molecule has 0 bridgehead atoms. The maximum Gasteiger partial charge on any atom is 0.318 e. The Hall–Kier alpha value is -1.60. The number of amides is 2. The summed E-state index contributed by atoms with van der Waals surface area (Å²) in [4.78, 5) is 22.1. The van der Waals surface area contributed by atoms with Crippen LogP contribution in [0, 0.1) is 0 Å². The molecule has 2 atom stereocenters. The average molecular weight is 348 g/mol. The summed E-state index contributed by atoms with van der Waals surface area (Å²) in [5.74, 6) is 0.492. The zero-order valence-electron chi connectivity index (χ0n) is 14.7. The molecular weight excluding hydrogens is 320 g/mol. The maximum atomic E-state index is 12.7. The molecule has 2 N–H and O–H groups in total. The molecule has 1 saturated carbocycles. The van der Waals surface area contributed by atoms with Crippen LogP contribution in [0.3, 0.4) is 0 Å². The summed E-state index contributed by atoms with van der Waals surface area (Å²) in [5.41, 5.74) is 0. The molecule has 7 heteroatoms. The number of ether oxygens (including phenoxy) is 2. The molecule has 1 aliphatic carbocycles. The number of nitrogens with zero attached hydrogens (tertiary/aromatic N) is 2. The van der Waals surface area contributed by atoms with Crippen molar-refractivity contribution in [2.75, 3.05) is 19.7 Å². The van der Waals surface area contributed by atoms with Crippen molar-refractivity contribution in [3.05, 3.63) is 18.2 Å². The molecule has 138 valence electrons. The third-order valence-corrected chi connectivity index (χ3v) is 5.61. The quantitative estimate of drug-likeness (QED) is 0.880. The lowest BCUT2D eigenvalue weighted by Crippen LogP contribution is -2.47. The number of urea groups is 1. The van der Waals surface area contributed by atoms with Crippen LogP contribution in [0.1, 0.15) is 63.2 Å². The normalized spacial score (nSPS) is 29.0. The summed E-state index contributed by atoms with van der Waals surface area (Å²) < 4.78 is 12.1. The molecule has 4 rings (SSSR count). The Kier molecular flexibility index (Phi) is 4.94. The molecule has 1 aromatic rings. The van der Waals surface area contributed by atoms with Crippen LogP contribution in [0.2, 0.25) is 0 Å². The van der Waals surface area contributed by atoms with Crippen molar-refractivity contribution in [2.24, 2.45) is 0 Å². The maximum absolute atomic E-state index is 12.7. The predicted octanol–water partition coefficient (Wildman–Crippen LogP) is 2.72. The third kappa shape index (κ3) is 3.67. The van der Waals surface area contributed by atoms with Gasteiger partial charge in [0.05, 0.1) is 12.6 Å². The van der Waals surface area contributed by atoms with Gasteiger partial charge in [0.1, 0.15) is 11.9 Å². The number of aromatic amines is 1. The van der Waals surface area contributed by atoms with Gasteiger partial charge in [-0.05, 0) is 32.1 Å². The highest BCUT2D eigenvalue weighted by Crippen LogP contribution is 2.37. The highest BCUT2D eigenvalue weighted by Gasteiger charge is 2.42. The van der Waals surface area contributed by atoms with Gasteiger partial charge < -0.3 is 24.7 Å². The molecule has 1 aromatic heterocycles. The summed E-state index contributed by atoms with van der Waals surface area (Å²) in [6.45, 7) is 1.84. The average Bonchev–Trinajstić information content (AvgIpc) is 3.31. The van der Waals surface area contributed by atoms with E-state index in [1.165, 1.54) is 6.42 Å². The molecule has 0 unspecified atom stereocenters. The Bertz CT molecular complexity index is 571. The van der Waals surface area contributed by atoms with Crippen molar-refractivity contribution in [1.82, 2.24) is 20.2 Å². The van der Waals surface area contributed by atoms with Crippen LogP contribution in [-0.4, -0.2) is 52.5 Å². The topological polar surface area (TPSA) is 79.5 Å². The number of aromatic nitrogens is 2. The van der Waals surface area contributed by atoms with Crippen molar-refractivity contribution in [3.63, 3.8) is 0 Å². The van der Waals surface area contributed by atoms with Gasteiger partial charge in [-0.3, -0.25) is 0 Å². The Labute approximate surface area is 148 Å². The number of carbonyl (C=O) groups is 1. The monoisotopic (exact) mass is 348 g/mol. The van der Waals surface area contributed by atoms with Crippen molar-refractivity contribution in [2.45, 2.75) is 69.3 Å². The van der Waals surface area contributed by atoms with Crippen molar-refractivity contribution in [1.29, 1.82) is 0 Å². The van der Waals surface area contributed by atoms with Crippen LogP contribution in [0.15, 0.2) is 12.4 Å². The molecular formula is C18H28N4O3. The smallest absolute Gasteiger partial charge is 0.318 e. The van der Waals surface area contributed by atoms with Gasteiger partial charge in [-0.1, -0.05) is 6.42 Å². The second kappa shape index (κ2) is 7.33. The first-order chi connectivity index (χ1) is 12.3. The lowest BCUT2D eigenvalue weighted by molar-refractivity contribution is -0.186. The van der Waals surface area contributed by atoms with Crippen molar-refractivity contribution in [3.8, 4) is 0 Å². The predicted molar refractivity (Wildman–Crippen MR) is 91.9 cm³/mol. The van der Waals surface area contributed by atoms with Crippen molar-refractivity contribution < 1.29 is 14.3 Å². The Morgan fingerprint density at radius 3 is 3.00 bits per heavy atom. The molecule has 3 fully saturated rings. The molecule has 3 aliphatic rings. The van der Waals surface area contributed by atoms with Crippen LogP contribution >= 0.6 is 0 Å². The number of rotatable bonds is 3. The fourth-order valence-corrected chi connectivity index (χ4v) is 4.29. The SMILES string of the molecule is O=C(NC[C@@H]1COC2(CCCCC2)O1)N1CCCC[C@@H]1c1ncc[nH]1. The number of H-pyrrole nitrogens is 1. The lowest BCUT2D eigenvalue weighted by Gasteiger charge is -2.35. The van der Waals surface area contributed by atoms with E-state index in [9.17, 15) is 4.79 Å². The largest absolute Gasteiger partial charge is 0.347 e. The van der Waals surface area contributed by atoms with Crippen LogP contribution in [0.5, 0.6) is 0 Å². The van der Waals surface area contributed by atoms with E-state index in [-0.39, 0.29) is 24.0 Å². The number of carbonyl (C=O) groups excluding carboxylic acids is 1. The van der Waals surface area contributed by atoms with E-state index in [2.05, 4.69) is 15.3 Å². The number of piperidine rings is 1. The number of hydrogen-bond acceptors (Lipinski definition) is 4. The van der Waals surface area contributed by atoms with Crippen molar-refractivity contribution >= 4 is 6.03 Å². The fourth-order valence-electron chi connectivity index (χ4n) is 4.29. The third-order valence-electron chi connectivity index (χ3n) is 5.61. The molecule has 2 aliphatic heterocycles. The summed E-state index contributed by atoms with van der Waals surface area (Å²) in [6.07, 6.45) is 12.2. The standard InChI is InChI=1S/C18H28N4O3/c23-17(22-11-5-2-6-15(22)16-19-9-10-20-16)21-12-14-13-24-18(25-14)7-3-1-4-8-18/h9-10,14-15H,1-8,11-13H2,(H,19,20)(H,21,23)/t14-,15-/m1/s1. The minimum absolute atomic E-state index is 0.0331. The van der Waals surface area contributed by atoms with E-state index < -0.39 is 0 Å². The van der Waals surface area contributed by atoms with Gasteiger partial charge in [-0.25, -0.2) is 9.78 Å². The summed E-state index contributed by atoms with van der Waals surface area (Å²) in [5, 5.41) is 3.05. The molecule has 3 heterocycles. The molecule has 2 amide bonds. The number of hydrogen-bond donors (Lipinski definition) is 2. The Morgan fingerprint density at radius 1 is 1.32 bits per heavy atom. The van der Waals surface area contributed by atoms with Gasteiger partial charge in [-0.2, -0.15) is 0 Å². The minimum Gasteiger partial charge on any atom is -0.347 e. The second-order valence-electron chi connectivity index (χ2n) is 7.39. The van der Waals surface area contributed by atoms with Gasteiger partial charge in [0.2, 0.25) is 0 Å². The first-order valence-electron chi connectivity index (χ1n) is 9.61. The first-order valence-corrected chi connectivity index (χ1v) is 9.61. The van der Waals surface area contributed by atoms with E-state index in [1.54, 1.807) is 6.20 Å². The molecule has 2 saturated heterocycles. The van der Waals surface area contributed by atoms with E-state index in [1.807, 2.05) is 11.1 Å². The van der Waals surface area contributed by atoms with Gasteiger partial charge in [0, 0.05) is 38.3 Å². The zero-order chi connectivity index (χ0) is 17.1. The van der Waals surface area contributed by atoms with Crippen LogP contribution in [-0.2, 0) is 9.47 Å². The molecule has 0 radical (unpaired) electrons. The lowest BCUT2D eigenvalue weighted by atomic mass is 9.94. The molecule has 7 nitrogen and oxygen atoms in total. The zero-order valence-corrected chi connectivity index (χ0v) is 14.7. The van der Waals surface area contributed by atoms with Gasteiger partial charge in [-0.15, -0.1) is 0 Å². The van der Waals surface area contributed by atoms with E-state index in [4.69, 9.17) is 9.47 Å².